The second-order valence-corrected chi connectivity index (χ2v) is 7.00. The van der Waals surface area contributed by atoms with E-state index < -0.39 is 26.7 Å². The van der Waals surface area contributed by atoms with Crippen LogP contribution in [0.4, 0.5) is 13.2 Å². The normalized spacial score (nSPS) is 29.0. The minimum Gasteiger partial charge on any atom is -0.378 e. The third-order valence-electron chi connectivity index (χ3n) is 4.05. The van der Waals surface area contributed by atoms with Crippen molar-refractivity contribution < 1.29 is 26.3 Å². The van der Waals surface area contributed by atoms with Gasteiger partial charge in [0.05, 0.1) is 16.6 Å². The molecule has 1 N–H and O–H groups in total. The zero-order valence-electron chi connectivity index (χ0n) is 10.9. The van der Waals surface area contributed by atoms with Crippen LogP contribution in [0, 0.1) is 5.92 Å². The summed E-state index contributed by atoms with van der Waals surface area (Å²) in [6.45, 7) is 0.576. The van der Waals surface area contributed by atoms with Crippen molar-refractivity contribution in [3.05, 3.63) is 29.8 Å². The monoisotopic (exact) mass is 321 g/mol. The molecule has 4 nitrogen and oxygen atoms in total. The van der Waals surface area contributed by atoms with Crippen molar-refractivity contribution in [1.29, 1.82) is 0 Å². The highest BCUT2D eigenvalue weighted by Gasteiger charge is 2.47. The Kier molecular flexibility index (Phi) is 3.50. The summed E-state index contributed by atoms with van der Waals surface area (Å²) in [6, 6.07) is 3.87. The molecule has 1 saturated carbocycles. The predicted octanol–water partition coefficient (Wildman–Crippen LogP) is 2.16. The van der Waals surface area contributed by atoms with Gasteiger partial charge in [0.1, 0.15) is 0 Å². The van der Waals surface area contributed by atoms with Crippen molar-refractivity contribution >= 4 is 10.0 Å². The molecule has 1 heterocycles. The molecule has 21 heavy (non-hydrogen) atoms. The number of ether oxygens (including phenoxy) is 1. The number of hydrogen-bond acceptors (Lipinski definition) is 3. The molecular weight excluding hydrogens is 307 g/mol. The number of rotatable bonds is 3. The van der Waals surface area contributed by atoms with E-state index in [0.29, 0.717) is 13.0 Å². The van der Waals surface area contributed by atoms with E-state index in [0.717, 1.165) is 18.6 Å². The van der Waals surface area contributed by atoms with Crippen molar-refractivity contribution in [3.8, 4) is 0 Å². The van der Waals surface area contributed by atoms with Gasteiger partial charge in [0.15, 0.2) is 0 Å². The van der Waals surface area contributed by atoms with Crippen LogP contribution in [-0.2, 0) is 20.9 Å². The Hall–Kier alpha value is -1.12. The summed E-state index contributed by atoms with van der Waals surface area (Å²) in [6.07, 6.45) is -3.42. The van der Waals surface area contributed by atoms with Crippen molar-refractivity contribution in [2.75, 3.05) is 6.61 Å². The molecule has 1 aromatic rings. The van der Waals surface area contributed by atoms with Crippen molar-refractivity contribution in [1.82, 2.24) is 4.72 Å². The Morgan fingerprint density at radius 2 is 1.95 bits per heavy atom. The Bertz CT molecular complexity index is 644. The molecule has 0 bridgehead atoms. The zero-order valence-corrected chi connectivity index (χ0v) is 11.7. The molecule has 1 aromatic carbocycles. The van der Waals surface area contributed by atoms with Gasteiger partial charge in [-0.3, -0.25) is 0 Å². The number of sulfonamides is 1. The van der Waals surface area contributed by atoms with E-state index in [4.69, 9.17) is 4.74 Å². The first-order chi connectivity index (χ1) is 9.79. The highest BCUT2D eigenvalue weighted by Crippen LogP contribution is 2.40. The van der Waals surface area contributed by atoms with E-state index in [1.807, 2.05) is 0 Å². The smallest absolute Gasteiger partial charge is 0.378 e. The van der Waals surface area contributed by atoms with Gasteiger partial charge in [-0.2, -0.15) is 13.2 Å². The van der Waals surface area contributed by atoms with Crippen molar-refractivity contribution in [2.45, 2.75) is 36.1 Å². The summed E-state index contributed by atoms with van der Waals surface area (Å²) >= 11 is 0. The minimum atomic E-state index is -4.70. The number of hydrogen-bond donors (Lipinski definition) is 1. The molecule has 3 atom stereocenters. The minimum absolute atomic E-state index is 0.0376. The first kappa shape index (κ1) is 14.8. The lowest BCUT2D eigenvalue weighted by Gasteiger charge is -2.39. The van der Waals surface area contributed by atoms with Crippen LogP contribution in [0.3, 0.4) is 0 Å². The third-order valence-corrected chi connectivity index (χ3v) is 5.60. The van der Waals surface area contributed by atoms with Crippen LogP contribution in [0.1, 0.15) is 18.4 Å². The highest BCUT2D eigenvalue weighted by atomic mass is 32.2. The summed E-state index contributed by atoms with van der Waals surface area (Å²) < 4.78 is 71.0. The molecule has 8 heteroatoms. The lowest BCUT2D eigenvalue weighted by atomic mass is 9.77. The van der Waals surface area contributed by atoms with E-state index in [-0.39, 0.29) is 18.1 Å². The van der Waals surface area contributed by atoms with Crippen LogP contribution in [0.25, 0.3) is 0 Å². The molecule has 1 aliphatic carbocycles. The molecule has 1 aliphatic heterocycles. The molecule has 0 spiro atoms. The first-order valence-corrected chi connectivity index (χ1v) is 8.07. The molecule has 1 saturated heterocycles. The third kappa shape index (κ3) is 2.67. The number of halogens is 3. The van der Waals surface area contributed by atoms with Crippen molar-refractivity contribution in [2.24, 2.45) is 5.92 Å². The fraction of sp³-hybridized carbons (Fsp3) is 0.538. The van der Waals surface area contributed by atoms with Gasteiger partial charge < -0.3 is 4.74 Å². The molecule has 0 aromatic heterocycles. The van der Waals surface area contributed by atoms with Crippen LogP contribution in [0.5, 0.6) is 0 Å². The average Bonchev–Trinajstić information content (AvgIpc) is 2.77. The van der Waals surface area contributed by atoms with Gasteiger partial charge in [-0.25, -0.2) is 13.1 Å². The summed E-state index contributed by atoms with van der Waals surface area (Å²) in [7, 11) is -4.20. The predicted molar refractivity (Wildman–Crippen MR) is 68.0 cm³/mol. The highest BCUT2D eigenvalue weighted by molar-refractivity contribution is 7.89. The topological polar surface area (TPSA) is 55.4 Å². The van der Waals surface area contributed by atoms with Crippen LogP contribution in [0.15, 0.2) is 29.2 Å². The number of fused-ring (bicyclic) bond motifs is 1. The van der Waals surface area contributed by atoms with Gasteiger partial charge >= 0.3 is 6.18 Å². The summed E-state index contributed by atoms with van der Waals surface area (Å²) in [5.41, 5.74) is -1.14. The van der Waals surface area contributed by atoms with Crippen LogP contribution < -0.4 is 4.72 Å². The standard InChI is InChI=1S/C13H14F3NO3S/c14-13(15,16)9-3-1-2-4-12(9)21(18,19)17-10-7-11-8(10)5-6-20-11/h1-4,8,10-11,17H,5-7H2/t8-,10+,11+/m1/s1. The zero-order chi connectivity index (χ0) is 15.3. The SMILES string of the molecule is O=S(=O)(N[C@H]1C[C@@H]2OCC[C@H]12)c1ccccc1C(F)(F)F. The van der Waals surface area contributed by atoms with E-state index in [2.05, 4.69) is 4.72 Å². The maximum absolute atomic E-state index is 12.9. The Morgan fingerprint density at radius 1 is 1.24 bits per heavy atom. The van der Waals surface area contributed by atoms with Gasteiger partial charge in [0.2, 0.25) is 10.0 Å². The van der Waals surface area contributed by atoms with Crippen LogP contribution >= 0.6 is 0 Å². The van der Waals surface area contributed by atoms with E-state index in [1.54, 1.807) is 0 Å². The molecule has 0 unspecified atom stereocenters. The molecule has 116 valence electrons. The van der Waals surface area contributed by atoms with Gasteiger partial charge in [-0.15, -0.1) is 0 Å². The molecule has 2 aliphatic rings. The van der Waals surface area contributed by atoms with Crippen molar-refractivity contribution in [3.63, 3.8) is 0 Å². The maximum atomic E-state index is 12.9. The van der Waals surface area contributed by atoms with E-state index in [1.165, 1.54) is 12.1 Å². The summed E-state index contributed by atoms with van der Waals surface area (Å²) in [5, 5.41) is 0. The first-order valence-electron chi connectivity index (χ1n) is 6.59. The van der Waals surface area contributed by atoms with Gasteiger partial charge in [0, 0.05) is 18.6 Å². The average molecular weight is 321 g/mol. The van der Waals surface area contributed by atoms with Crippen LogP contribution in [-0.4, -0.2) is 27.2 Å². The fourth-order valence-electron chi connectivity index (χ4n) is 2.93. The molecule has 3 rings (SSSR count). The fourth-order valence-corrected chi connectivity index (χ4v) is 4.46. The number of nitrogens with one attached hydrogen (secondary N) is 1. The Balaban J connectivity index is 1.86. The second kappa shape index (κ2) is 4.96. The van der Waals surface area contributed by atoms with Gasteiger partial charge in [-0.1, -0.05) is 12.1 Å². The number of benzene rings is 1. The summed E-state index contributed by atoms with van der Waals surface area (Å²) in [5.74, 6) is 0.0674. The van der Waals surface area contributed by atoms with E-state index in [9.17, 15) is 21.6 Å². The number of alkyl halides is 3. The molecule has 0 radical (unpaired) electrons. The lowest BCUT2D eigenvalue weighted by molar-refractivity contribution is -0.139. The van der Waals surface area contributed by atoms with Crippen LogP contribution in [0.2, 0.25) is 0 Å². The Morgan fingerprint density at radius 3 is 2.62 bits per heavy atom. The van der Waals surface area contributed by atoms with Gasteiger partial charge in [-0.05, 0) is 25.0 Å². The lowest BCUT2D eigenvalue weighted by Crippen LogP contribution is -2.53. The maximum Gasteiger partial charge on any atom is 0.417 e. The van der Waals surface area contributed by atoms with E-state index >= 15 is 0 Å². The quantitative estimate of drug-likeness (QED) is 0.928. The summed E-state index contributed by atoms with van der Waals surface area (Å²) in [4.78, 5) is -0.722. The molecule has 2 fully saturated rings. The largest absolute Gasteiger partial charge is 0.417 e. The Labute approximate surface area is 120 Å². The van der Waals surface area contributed by atoms with Gasteiger partial charge in [0.25, 0.3) is 0 Å². The molecule has 0 amide bonds. The molecular formula is C13H14F3NO3S. The second-order valence-electron chi connectivity index (χ2n) is 5.32.